The molecule has 0 saturated heterocycles. The molecule has 192 valence electrons. The highest BCUT2D eigenvalue weighted by Crippen LogP contribution is 2.34. The minimum absolute atomic E-state index is 0.0386. The Labute approximate surface area is 217 Å². The summed E-state index contributed by atoms with van der Waals surface area (Å²) in [6.45, 7) is 5.99. The summed E-state index contributed by atoms with van der Waals surface area (Å²) < 4.78 is 34.5. The van der Waals surface area contributed by atoms with E-state index < -0.39 is 21.9 Å². The maximum atomic E-state index is 13.6. The molecule has 1 aliphatic heterocycles. The highest BCUT2D eigenvalue weighted by atomic mass is 32.2. The highest BCUT2D eigenvalue weighted by Gasteiger charge is 2.35. The van der Waals surface area contributed by atoms with Crippen LogP contribution in [0.4, 0.5) is 0 Å². The number of aryl methyl sites for hydroxylation is 2. The summed E-state index contributed by atoms with van der Waals surface area (Å²) in [5.41, 5.74) is 4.61. The lowest BCUT2D eigenvalue weighted by Gasteiger charge is -2.24. The van der Waals surface area contributed by atoms with E-state index in [1.165, 1.54) is 16.6 Å². The molecule has 2 atom stereocenters. The fourth-order valence-electron chi connectivity index (χ4n) is 4.67. The molecule has 0 saturated carbocycles. The second-order valence-electron chi connectivity index (χ2n) is 9.27. The van der Waals surface area contributed by atoms with Crippen molar-refractivity contribution in [1.82, 2.24) is 9.29 Å². The molecule has 0 aliphatic carbocycles. The van der Waals surface area contributed by atoms with Crippen LogP contribution < -0.4 is 4.74 Å². The first-order valence-corrected chi connectivity index (χ1v) is 13.5. The third-order valence-corrected chi connectivity index (χ3v) is 8.59. The maximum absolute atomic E-state index is 13.6. The number of hydrogen-bond acceptors (Lipinski definition) is 6. The molecular formula is C28H29N3O5S. The highest BCUT2D eigenvalue weighted by molar-refractivity contribution is 7.89. The lowest BCUT2D eigenvalue weighted by molar-refractivity contribution is -0.137. The zero-order chi connectivity index (χ0) is 26.7. The number of carboxylic acids is 1. The molecule has 0 bridgehead atoms. The van der Waals surface area contributed by atoms with E-state index in [0.29, 0.717) is 12.0 Å². The average molecular weight is 520 g/mol. The Balaban J connectivity index is 1.75. The molecule has 0 radical (unpaired) electrons. The fraction of sp³-hybridized carbons (Fsp3) is 0.321. The molecule has 9 heteroatoms. The van der Waals surface area contributed by atoms with E-state index in [-0.39, 0.29) is 36.4 Å². The zero-order valence-corrected chi connectivity index (χ0v) is 21.8. The number of benzene rings is 2. The molecule has 3 aromatic rings. The smallest absolute Gasteiger partial charge is 0.304 e. The summed E-state index contributed by atoms with van der Waals surface area (Å²) in [4.78, 5) is 16.0. The first-order chi connectivity index (χ1) is 17.6. The van der Waals surface area contributed by atoms with Crippen LogP contribution in [0.2, 0.25) is 0 Å². The molecule has 0 spiro atoms. The summed E-state index contributed by atoms with van der Waals surface area (Å²) in [5, 5.41) is 18.9. The van der Waals surface area contributed by atoms with Gasteiger partial charge in [-0.1, -0.05) is 31.2 Å². The molecule has 0 fully saturated rings. The largest absolute Gasteiger partial charge is 0.481 e. The van der Waals surface area contributed by atoms with Crippen LogP contribution in [0.25, 0.3) is 0 Å². The van der Waals surface area contributed by atoms with Crippen molar-refractivity contribution in [3.8, 4) is 11.9 Å². The molecule has 4 rings (SSSR count). The van der Waals surface area contributed by atoms with E-state index in [4.69, 9.17) is 4.74 Å². The van der Waals surface area contributed by atoms with Crippen LogP contribution in [-0.2, 0) is 21.4 Å². The zero-order valence-electron chi connectivity index (χ0n) is 21.0. The molecule has 37 heavy (non-hydrogen) atoms. The monoisotopic (exact) mass is 519 g/mol. The number of carboxylic acid groups (broad SMARTS) is 1. The van der Waals surface area contributed by atoms with Gasteiger partial charge >= 0.3 is 5.97 Å². The Bertz CT molecular complexity index is 1480. The minimum Gasteiger partial charge on any atom is -0.481 e. The number of ether oxygens (including phenoxy) is 1. The van der Waals surface area contributed by atoms with E-state index in [1.54, 1.807) is 24.3 Å². The number of aliphatic carboxylic acids is 1. The molecule has 2 heterocycles. The van der Waals surface area contributed by atoms with Crippen molar-refractivity contribution < 1.29 is 23.1 Å². The van der Waals surface area contributed by atoms with Crippen molar-refractivity contribution in [2.24, 2.45) is 0 Å². The number of aromatic nitrogens is 1. The summed E-state index contributed by atoms with van der Waals surface area (Å²) in [7, 11) is -3.87. The van der Waals surface area contributed by atoms with Gasteiger partial charge in [-0.15, -0.1) is 0 Å². The van der Waals surface area contributed by atoms with Crippen molar-refractivity contribution in [3.05, 3.63) is 88.1 Å². The van der Waals surface area contributed by atoms with E-state index in [1.807, 2.05) is 39.0 Å². The van der Waals surface area contributed by atoms with E-state index in [2.05, 4.69) is 11.1 Å². The predicted octanol–water partition coefficient (Wildman–Crippen LogP) is 4.54. The molecule has 1 aliphatic rings. The Morgan fingerprint density at radius 1 is 1.22 bits per heavy atom. The van der Waals surface area contributed by atoms with Gasteiger partial charge in [0.2, 0.25) is 15.9 Å². The van der Waals surface area contributed by atoms with Crippen LogP contribution >= 0.6 is 0 Å². The van der Waals surface area contributed by atoms with Crippen molar-refractivity contribution in [2.75, 3.05) is 6.54 Å². The van der Waals surface area contributed by atoms with Gasteiger partial charge in [0.1, 0.15) is 11.0 Å². The molecule has 1 aromatic heterocycles. The topological polar surface area (TPSA) is 121 Å². The van der Waals surface area contributed by atoms with Crippen molar-refractivity contribution >= 4 is 16.0 Å². The second-order valence-corrected chi connectivity index (χ2v) is 11.2. The van der Waals surface area contributed by atoms with Gasteiger partial charge in [-0.25, -0.2) is 13.4 Å². The Kier molecular flexibility index (Phi) is 7.62. The maximum Gasteiger partial charge on any atom is 0.304 e. The van der Waals surface area contributed by atoms with Gasteiger partial charge in [0.25, 0.3) is 0 Å². The fourth-order valence-corrected chi connectivity index (χ4v) is 6.19. The SMILES string of the molecule is CC[C@@H]1CN(Cc2cc(C(CC(=O)O)c3ccc(C#N)cc3C)ccc2C)S(=O)(=O)c2cccnc2O1. The number of rotatable bonds is 7. The summed E-state index contributed by atoms with van der Waals surface area (Å²) in [6.07, 6.45) is 1.63. The van der Waals surface area contributed by atoms with Gasteiger partial charge in [-0.2, -0.15) is 9.57 Å². The van der Waals surface area contributed by atoms with Crippen molar-refractivity contribution in [1.29, 1.82) is 5.26 Å². The number of sulfonamides is 1. The Hall–Kier alpha value is -3.74. The summed E-state index contributed by atoms with van der Waals surface area (Å²) >= 11 is 0. The van der Waals surface area contributed by atoms with Crippen LogP contribution in [0.1, 0.15) is 59.1 Å². The lowest BCUT2D eigenvalue weighted by atomic mass is 9.84. The summed E-state index contributed by atoms with van der Waals surface area (Å²) in [5.74, 6) is -1.29. The minimum atomic E-state index is -3.87. The Morgan fingerprint density at radius 2 is 2.00 bits per heavy atom. The van der Waals surface area contributed by atoms with Gasteiger partial charge in [0, 0.05) is 18.7 Å². The van der Waals surface area contributed by atoms with Gasteiger partial charge < -0.3 is 9.84 Å². The molecule has 1 N–H and O–H groups in total. The van der Waals surface area contributed by atoms with Gasteiger partial charge in [0.15, 0.2) is 0 Å². The van der Waals surface area contributed by atoms with Gasteiger partial charge in [-0.3, -0.25) is 4.79 Å². The first kappa shape index (κ1) is 26.3. The number of pyridine rings is 1. The van der Waals surface area contributed by atoms with Crippen LogP contribution in [0.5, 0.6) is 5.88 Å². The van der Waals surface area contributed by atoms with Crippen LogP contribution in [0, 0.1) is 25.2 Å². The van der Waals surface area contributed by atoms with E-state index in [9.17, 15) is 23.6 Å². The number of nitriles is 1. The third kappa shape index (κ3) is 5.50. The normalized spacial score (nSPS) is 17.6. The van der Waals surface area contributed by atoms with Crippen LogP contribution in [0.3, 0.4) is 0 Å². The second kappa shape index (κ2) is 10.7. The molecule has 1 unspecified atom stereocenters. The van der Waals surface area contributed by atoms with Gasteiger partial charge in [-0.05, 0) is 72.4 Å². The molecule has 8 nitrogen and oxygen atoms in total. The number of hydrogen-bond donors (Lipinski definition) is 1. The van der Waals surface area contributed by atoms with Crippen molar-refractivity contribution in [2.45, 2.75) is 57.1 Å². The van der Waals surface area contributed by atoms with Crippen molar-refractivity contribution in [3.63, 3.8) is 0 Å². The Morgan fingerprint density at radius 3 is 2.68 bits per heavy atom. The molecule has 0 amide bonds. The average Bonchev–Trinajstić information content (AvgIpc) is 2.97. The van der Waals surface area contributed by atoms with E-state index in [0.717, 1.165) is 27.8 Å². The van der Waals surface area contributed by atoms with Gasteiger partial charge in [0.05, 0.1) is 24.6 Å². The molecular weight excluding hydrogens is 490 g/mol. The number of nitrogens with zero attached hydrogens (tertiary/aromatic N) is 3. The predicted molar refractivity (Wildman–Crippen MR) is 138 cm³/mol. The lowest BCUT2D eigenvalue weighted by Crippen LogP contribution is -2.36. The quantitative estimate of drug-likeness (QED) is 0.486. The first-order valence-electron chi connectivity index (χ1n) is 12.1. The molecule has 2 aromatic carbocycles. The standard InChI is InChI=1S/C28H29N3O5S/c1-4-23-17-31(37(34,35)26-6-5-11-30-28(26)36-23)16-22-13-21(9-7-18(22)2)25(14-27(32)33)24-10-8-20(15-29)12-19(24)3/h5-13,23,25H,4,14,16-17H2,1-3H3,(H,32,33)/t23-,25?/m1/s1. The third-order valence-electron chi connectivity index (χ3n) is 6.77. The van der Waals surface area contributed by atoms with Crippen LogP contribution in [0.15, 0.2) is 59.6 Å². The number of carbonyl (C=O) groups is 1. The van der Waals surface area contributed by atoms with E-state index >= 15 is 0 Å². The van der Waals surface area contributed by atoms with Crippen LogP contribution in [-0.4, -0.2) is 41.4 Å². The summed E-state index contributed by atoms with van der Waals surface area (Å²) in [6, 6.07) is 16.1. The number of fused-ring (bicyclic) bond motifs is 1.